The fourth-order valence-electron chi connectivity index (χ4n) is 2.78. The van der Waals surface area contributed by atoms with Crippen LogP contribution in [-0.4, -0.2) is 32.1 Å². The van der Waals surface area contributed by atoms with E-state index in [0.717, 1.165) is 28.1 Å². The Kier molecular flexibility index (Phi) is 6.03. The second-order valence-electron chi connectivity index (χ2n) is 6.75. The van der Waals surface area contributed by atoms with Gasteiger partial charge in [0, 0.05) is 25.5 Å². The molecule has 0 bridgehead atoms. The Morgan fingerprint density at radius 1 is 1.00 bits per heavy atom. The molecule has 1 atom stereocenters. The zero-order chi connectivity index (χ0) is 19.4. The van der Waals surface area contributed by atoms with Crippen molar-refractivity contribution in [3.63, 3.8) is 0 Å². The van der Waals surface area contributed by atoms with Gasteiger partial charge in [0.05, 0.1) is 5.56 Å². The van der Waals surface area contributed by atoms with E-state index in [0.29, 0.717) is 5.56 Å². The first-order valence-corrected chi connectivity index (χ1v) is 8.56. The highest BCUT2D eigenvalue weighted by Crippen LogP contribution is 2.22. The molecule has 26 heavy (non-hydrogen) atoms. The number of ether oxygens (including phenoxy) is 1. The van der Waals surface area contributed by atoms with E-state index in [1.54, 1.807) is 19.1 Å². The molecule has 0 aliphatic rings. The molecule has 1 N–H and O–H groups in total. The van der Waals surface area contributed by atoms with Crippen molar-refractivity contribution in [2.75, 3.05) is 24.3 Å². The number of rotatable bonds is 5. The molecular weight excluding hydrogens is 328 g/mol. The SMILES string of the molecule is Cc1cc(C)c(NC(=O)[C@H](C)OC(=O)c2ccc(N(C)C)cc2)c(C)c1. The van der Waals surface area contributed by atoms with Crippen LogP contribution in [0.5, 0.6) is 0 Å². The predicted molar refractivity (Wildman–Crippen MR) is 105 cm³/mol. The van der Waals surface area contributed by atoms with Crippen LogP contribution in [0, 0.1) is 20.8 Å². The van der Waals surface area contributed by atoms with Gasteiger partial charge in [-0.25, -0.2) is 4.79 Å². The van der Waals surface area contributed by atoms with E-state index in [9.17, 15) is 9.59 Å². The van der Waals surface area contributed by atoms with Crippen molar-refractivity contribution >= 4 is 23.3 Å². The summed E-state index contributed by atoms with van der Waals surface area (Å²) < 4.78 is 5.31. The zero-order valence-corrected chi connectivity index (χ0v) is 16.2. The van der Waals surface area contributed by atoms with Gasteiger partial charge in [-0.05, 0) is 63.1 Å². The van der Waals surface area contributed by atoms with Crippen molar-refractivity contribution < 1.29 is 14.3 Å². The topological polar surface area (TPSA) is 58.6 Å². The predicted octanol–water partition coefficient (Wildman–Crippen LogP) is 3.86. The molecule has 0 aromatic heterocycles. The minimum absolute atomic E-state index is 0.349. The first-order chi connectivity index (χ1) is 12.2. The van der Waals surface area contributed by atoms with Gasteiger partial charge in [0.2, 0.25) is 0 Å². The van der Waals surface area contributed by atoms with Crippen LogP contribution in [0.1, 0.15) is 34.0 Å². The summed E-state index contributed by atoms with van der Waals surface area (Å²) in [7, 11) is 3.85. The molecule has 2 rings (SSSR count). The van der Waals surface area contributed by atoms with Gasteiger partial charge >= 0.3 is 5.97 Å². The third-order valence-corrected chi connectivity index (χ3v) is 4.20. The Bertz CT molecular complexity index is 788. The summed E-state index contributed by atoms with van der Waals surface area (Å²) in [5.74, 6) is -0.867. The lowest BCUT2D eigenvalue weighted by Gasteiger charge is -2.17. The second kappa shape index (κ2) is 8.04. The van der Waals surface area contributed by atoms with Gasteiger partial charge in [0.25, 0.3) is 5.91 Å². The Morgan fingerprint density at radius 3 is 2.04 bits per heavy atom. The fraction of sp³-hybridized carbons (Fsp3) is 0.333. The van der Waals surface area contributed by atoms with Crippen molar-refractivity contribution in [3.8, 4) is 0 Å². The smallest absolute Gasteiger partial charge is 0.338 e. The highest BCUT2D eigenvalue weighted by molar-refractivity contribution is 5.98. The van der Waals surface area contributed by atoms with E-state index in [2.05, 4.69) is 5.32 Å². The molecule has 2 aromatic carbocycles. The maximum Gasteiger partial charge on any atom is 0.338 e. The van der Waals surface area contributed by atoms with Crippen molar-refractivity contribution in [2.24, 2.45) is 0 Å². The van der Waals surface area contributed by atoms with Crippen molar-refractivity contribution in [2.45, 2.75) is 33.8 Å². The molecule has 2 aromatic rings. The van der Waals surface area contributed by atoms with Crippen LogP contribution < -0.4 is 10.2 Å². The summed E-state index contributed by atoms with van der Waals surface area (Å²) >= 11 is 0. The quantitative estimate of drug-likeness (QED) is 0.828. The molecule has 0 saturated heterocycles. The van der Waals surface area contributed by atoms with Crippen LogP contribution >= 0.6 is 0 Å². The summed E-state index contributed by atoms with van der Waals surface area (Å²) in [5.41, 5.74) is 5.26. The first-order valence-electron chi connectivity index (χ1n) is 8.56. The zero-order valence-electron chi connectivity index (χ0n) is 16.2. The van der Waals surface area contributed by atoms with Crippen LogP contribution in [-0.2, 0) is 9.53 Å². The number of esters is 1. The molecule has 5 nitrogen and oxygen atoms in total. The average molecular weight is 354 g/mol. The number of hydrogen-bond donors (Lipinski definition) is 1. The fourth-order valence-corrected chi connectivity index (χ4v) is 2.78. The lowest BCUT2D eigenvalue weighted by molar-refractivity contribution is -0.123. The number of carbonyl (C=O) groups is 2. The van der Waals surface area contributed by atoms with Gasteiger partial charge in [0.1, 0.15) is 0 Å². The molecule has 0 spiro atoms. The molecule has 5 heteroatoms. The number of benzene rings is 2. The molecule has 0 fully saturated rings. The molecule has 0 aliphatic heterocycles. The van der Waals surface area contributed by atoms with E-state index >= 15 is 0 Å². The van der Waals surface area contributed by atoms with Gasteiger partial charge in [-0.2, -0.15) is 0 Å². The highest BCUT2D eigenvalue weighted by atomic mass is 16.5. The maximum absolute atomic E-state index is 12.4. The molecule has 0 saturated carbocycles. The molecular formula is C21H26N2O3. The van der Waals surface area contributed by atoms with Gasteiger partial charge < -0.3 is 15.0 Å². The highest BCUT2D eigenvalue weighted by Gasteiger charge is 2.20. The summed E-state index contributed by atoms with van der Waals surface area (Å²) in [6.45, 7) is 7.47. The molecule has 0 unspecified atom stereocenters. The Hall–Kier alpha value is -2.82. The first kappa shape index (κ1) is 19.5. The van der Waals surface area contributed by atoms with Crippen LogP contribution in [0.2, 0.25) is 0 Å². The minimum atomic E-state index is -0.892. The Labute approximate surface area is 155 Å². The van der Waals surface area contributed by atoms with Crippen LogP contribution in [0.25, 0.3) is 0 Å². The standard InChI is InChI=1S/C21H26N2O3/c1-13-11-14(2)19(15(3)12-13)22-20(24)16(4)26-21(25)17-7-9-18(10-8-17)23(5)6/h7-12,16H,1-6H3,(H,22,24)/t16-/m0/s1. The summed E-state index contributed by atoms with van der Waals surface area (Å²) in [6.07, 6.45) is -0.892. The summed E-state index contributed by atoms with van der Waals surface area (Å²) in [5, 5.41) is 2.86. The average Bonchev–Trinajstić information content (AvgIpc) is 2.57. The third-order valence-electron chi connectivity index (χ3n) is 4.20. The number of hydrogen-bond acceptors (Lipinski definition) is 4. The maximum atomic E-state index is 12.4. The number of amides is 1. The summed E-state index contributed by atoms with van der Waals surface area (Å²) in [4.78, 5) is 26.6. The van der Waals surface area contributed by atoms with E-state index in [1.165, 1.54) is 0 Å². The van der Waals surface area contributed by atoms with Crippen molar-refractivity contribution in [1.82, 2.24) is 0 Å². The molecule has 0 heterocycles. The van der Waals surface area contributed by atoms with E-state index in [1.807, 2.05) is 64.0 Å². The summed E-state index contributed by atoms with van der Waals surface area (Å²) in [6, 6.07) is 11.1. The number of nitrogens with zero attached hydrogens (tertiary/aromatic N) is 1. The van der Waals surface area contributed by atoms with Gasteiger partial charge in [0.15, 0.2) is 6.10 Å². The lowest BCUT2D eigenvalue weighted by Crippen LogP contribution is -2.30. The Morgan fingerprint density at radius 2 is 1.54 bits per heavy atom. The van der Waals surface area contributed by atoms with Crippen LogP contribution in [0.15, 0.2) is 36.4 Å². The van der Waals surface area contributed by atoms with Gasteiger partial charge in [-0.15, -0.1) is 0 Å². The largest absolute Gasteiger partial charge is 0.449 e. The lowest BCUT2D eigenvalue weighted by atomic mass is 10.0. The third kappa shape index (κ3) is 4.63. The van der Waals surface area contributed by atoms with Gasteiger partial charge in [-0.1, -0.05) is 17.7 Å². The van der Waals surface area contributed by atoms with E-state index < -0.39 is 12.1 Å². The molecule has 1 amide bonds. The molecule has 138 valence electrons. The number of aryl methyl sites for hydroxylation is 3. The van der Waals surface area contributed by atoms with Crippen molar-refractivity contribution in [3.05, 3.63) is 58.7 Å². The normalized spacial score (nSPS) is 11.6. The molecule has 0 radical (unpaired) electrons. The van der Waals surface area contributed by atoms with E-state index in [-0.39, 0.29) is 5.91 Å². The minimum Gasteiger partial charge on any atom is -0.449 e. The van der Waals surface area contributed by atoms with Crippen LogP contribution in [0.3, 0.4) is 0 Å². The van der Waals surface area contributed by atoms with Gasteiger partial charge in [-0.3, -0.25) is 4.79 Å². The number of anilines is 2. The monoisotopic (exact) mass is 354 g/mol. The Balaban J connectivity index is 2.03. The number of nitrogens with one attached hydrogen (secondary N) is 1. The van der Waals surface area contributed by atoms with E-state index in [4.69, 9.17) is 4.74 Å². The number of carbonyl (C=O) groups excluding carboxylic acids is 2. The van der Waals surface area contributed by atoms with Crippen LogP contribution in [0.4, 0.5) is 11.4 Å². The second-order valence-corrected chi connectivity index (χ2v) is 6.75. The molecule has 0 aliphatic carbocycles. The van der Waals surface area contributed by atoms with Crippen molar-refractivity contribution in [1.29, 1.82) is 0 Å².